The summed E-state index contributed by atoms with van der Waals surface area (Å²) in [5.41, 5.74) is 3.37. The monoisotopic (exact) mass is 346 g/mol. The van der Waals surface area contributed by atoms with E-state index < -0.39 is 0 Å². The number of benzene rings is 2. The molecule has 0 spiro atoms. The molecule has 0 atom stereocenters. The first-order chi connectivity index (χ1) is 11.8. The number of halogens is 1. The smallest absolute Gasteiger partial charge is 0.124 e. The third-order valence-electron chi connectivity index (χ3n) is 4.05. The molecule has 128 valence electrons. The Balaban J connectivity index is 1.63. The lowest BCUT2D eigenvalue weighted by Crippen LogP contribution is -2.36. The van der Waals surface area contributed by atoms with Gasteiger partial charge in [-0.1, -0.05) is 11.6 Å². The Bertz CT molecular complexity index is 655. The average Bonchev–Trinajstić information content (AvgIpc) is 2.63. The number of nitrogens with one attached hydrogen (secondary N) is 1. The summed E-state index contributed by atoms with van der Waals surface area (Å²) < 4.78 is 11.1. The van der Waals surface area contributed by atoms with Crippen molar-refractivity contribution < 1.29 is 9.47 Å². The number of rotatable bonds is 6. The minimum atomic E-state index is 0.642. The number of nitrogens with zero attached hydrogens (tertiary/aromatic N) is 1. The summed E-state index contributed by atoms with van der Waals surface area (Å²) in [4.78, 5) is 2.34. The molecule has 24 heavy (non-hydrogen) atoms. The molecule has 0 aliphatic carbocycles. The lowest BCUT2D eigenvalue weighted by atomic mass is 10.2. The van der Waals surface area contributed by atoms with E-state index in [0.717, 1.165) is 48.3 Å². The molecule has 1 aliphatic rings. The van der Waals surface area contributed by atoms with E-state index in [0.29, 0.717) is 13.2 Å². The summed E-state index contributed by atoms with van der Waals surface area (Å²) >= 11 is 6.11. The number of ether oxygens (including phenoxy) is 2. The van der Waals surface area contributed by atoms with Crippen molar-refractivity contribution in [2.45, 2.75) is 13.5 Å². The van der Waals surface area contributed by atoms with Crippen molar-refractivity contribution in [3.63, 3.8) is 0 Å². The van der Waals surface area contributed by atoms with Gasteiger partial charge in [0.15, 0.2) is 0 Å². The fraction of sp³-hybridized carbons (Fsp3) is 0.368. The van der Waals surface area contributed by atoms with Crippen LogP contribution in [0.15, 0.2) is 42.5 Å². The lowest BCUT2D eigenvalue weighted by molar-refractivity contribution is 0.122. The van der Waals surface area contributed by atoms with Gasteiger partial charge in [0, 0.05) is 41.6 Å². The Hall–Kier alpha value is -1.91. The second-order valence-electron chi connectivity index (χ2n) is 5.68. The van der Waals surface area contributed by atoms with Gasteiger partial charge in [-0.25, -0.2) is 0 Å². The summed E-state index contributed by atoms with van der Waals surface area (Å²) in [5.74, 6) is 0.874. The normalized spacial score (nSPS) is 14.5. The van der Waals surface area contributed by atoms with Gasteiger partial charge in [-0.15, -0.1) is 0 Å². The number of hydrogen-bond acceptors (Lipinski definition) is 4. The summed E-state index contributed by atoms with van der Waals surface area (Å²) in [7, 11) is 0. The number of anilines is 2. The Labute approximate surface area is 148 Å². The van der Waals surface area contributed by atoms with Crippen molar-refractivity contribution in [3.05, 3.63) is 53.1 Å². The molecule has 1 fully saturated rings. The van der Waals surface area contributed by atoms with E-state index in [1.807, 2.05) is 25.1 Å². The van der Waals surface area contributed by atoms with Crippen LogP contribution in [0.2, 0.25) is 5.02 Å². The quantitative estimate of drug-likeness (QED) is 0.850. The van der Waals surface area contributed by atoms with Crippen molar-refractivity contribution in [1.82, 2.24) is 0 Å². The summed E-state index contributed by atoms with van der Waals surface area (Å²) in [5, 5.41) is 4.16. The van der Waals surface area contributed by atoms with Crippen LogP contribution in [0.4, 0.5) is 11.4 Å². The third kappa shape index (κ3) is 4.34. The molecule has 0 aromatic heterocycles. The van der Waals surface area contributed by atoms with Crippen molar-refractivity contribution in [3.8, 4) is 5.75 Å². The lowest BCUT2D eigenvalue weighted by Gasteiger charge is -2.29. The van der Waals surface area contributed by atoms with Crippen LogP contribution in [-0.2, 0) is 11.3 Å². The fourth-order valence-electron chi connectivity index (χ4n) is 2.79. The third-order valence-corrected chi connectivity index (χ3v) is 4.28. The van der Waals surface area contributed by atoms with Gasteiger partial charge in [0.05, 0.1) is 19.8 Å². The predicted molar refractivity (Wildman–Crippen MR) is 99.4 cm³/mol. The first-order valence-corrected chi connectivity index (χ1v) is 8.72. The maximum atomic E-state index is 6.11. The average molecular weight is 347 g/mol. The molecule has 3 rings (SSSR count). The van der Waals surface area contributed by atoms with E-state index >= 15 is 0 Å². The predicted octanol–water partition coefficient (Wildman–Crippen LogP) is 4.19. The fourth-order valence-corrected chi connectivity index (χ4v) is 2.99. The molecule has 1 saturated heterocycles. The zero-order valence-corrected chi connectivity index (χ0v) is 14.7. The minimum absolute atomic E-state index is 0.642. The van der Waals surface area contributed by atoms with Crippen LogP contribution < -0.4 is 15.0 Å². The summed E-state index contributed by atoms with van der Waals surface area (Å²) in [6, 6.07) is 14.2. The highest BCUT2D eigenvalue weighted by molar-refractivity contribution is 6.30. The van der Waals surface area contributed by atoms with E-state index in [1.165, 1.54) is 5.69 Å². The van der Waals surface area contributed by atoms with E-state index in [2.05, 4.69) is 34.5 Å². The SMILES string of the molecule is CCOc1ccc(Cl)cc1CNc1ccc(N2CCOCC2)cc1. The Morgan fingerprint density at radius 1 is 1.12 bits per heavy atom. The highest BCUT2D eigenvalue weighted by Crippen LogP contribution is 2.25. The zero-order chi connectivity index (χ0) is 16.8. The minimum Gasteiger partial charge on any atom is -0.494 e. The molecular weight excluding hydrogens is 324 g/mol. The Morgan fingerprint density at radius 3 is 2.58 bits per heavy atom. The Morgan fingerprint density at radius 2 is 1.88 bits per heavy atom. The molecule has 2 aromatic carbocycles. The van der Waals surface area contributed by atoms with Crippen LogP contribution >= 0.6 is 11.6 Å². The van der Waals surface area contributed by atoms with Gasteiger partial charge < -0.3 is 19.7 Å². The van der Waals surface area contributed by atoms with Crippen molar-refractivity contribution in [1.29, 1.82) is 0 Å². The van der Waals surface area contributed by atoms with E-state index in [9.17, 15) is 0 Å². The Kier molecular flexibility index (Phi) is 5.83. The largest absolute Gasteiger partial charge is 0.494 e. The van der Waals surface area contributed by atoms with E-state index in [-0.39, 0.29) is 0 Å². The highest BCUT2D eigenvalue weighted by Gasteiger charge is 2.11. The van der Waals surface area contributed by atoms with Crippen LogP contribution in [0.1, 0.15) is 12.5 Å². The van der Waals surface area contributed by atoms with Gasteiger partial charge in [-0.3, -0.25) is 0 Å². The molecule has 0 bridgehead atoms. The van der Waals surface area contributed by atoms with Gasteiger partial charge in [0.25, 0.3) is 0 Å². The molecule has 0 amide bonds. The van der Waals surface area contributed by atoms with Gasteiger partial charge in [0.1, 0.15) is 5.75 Å². The molecule has 5 heteroatoms. The van der Waals surface area contributed by atoms with E-state index in [1.54, 1.807) is 0 Å². The van der Waals surface area contributed by atoms with Crippen molar-refractivity contribution >= 4 is 23.0 Å². The zero-order valence-electron chi connectivity index (χ0n) is 13.9. The van der Waals surface area contributed by atoms with Crippen molar-refractivity contribution in [2.75, 3.05) is 43.1 Å². The molecule has 1 heterocycles. The summed E-state index contributed by atoms with van der Waals surface area (Å²) in [6.07, 6.45) is 0. The maximum absolute atomic E-state index is 6.11. The van der Waals surface area contributed by atoms with Gasteiger partial charge in [-0.05, 0) is 49.4 Å². The van der Waals surface area contributed by atoms with Crippen LogP contribution in [0.3, 0.4) is 0 Å². The standard InChI is InChI=1S/C19H23ClN2O2/c1-2-24-19-8-3-16(20)13-15(19)14-21-17-4-6-18(7-5-17)22-9-11-23-12-10-22/h3-8,13,21H,2,9-12,14H2,1H3. The second kappa shape index (κ2) is 8.27. The first-order valence-electron chi connectivity index (χ1n) is 8.34. The van der Waals surface area contributed by atoms with E-state index in [4.69, 9.17) is 21.1 Å². The maximum Gasteiger partial charge on any atom is 0.124 e. The summed E-state index contributed by atoms with van der Waals surface area (Å²) in [6.45, 7) is 6.80. The van der Waals surface area contributed by atoms with Gasteiger partial charge in [-0.2, -0.15) is 0 Å². The molecule has 0 radical (unpaired) electrons. The molecule has 0 saturated carbocycles. The molecule has 1 N–H and O–H groups in total. The van der Waals surface area contributed by atoms with Gasteiger partial charge in [0.2, 0.25) is 0 Å². The molecule has 2 aromatic rings. The molecule has 4 nitrogen and oxygen atoms in total. The molecular formula is C19H23ClN2O2. The van der Waals surface area contributed by atoms with Gasteiger partial charge >= 0.3 is 0 Å². The molecule has 0 unspecified atom stereocenters. The van der Waals surface area contributed by atoms with Crippen LogP contribution in [0.5, 0.6) is 5.75 Å². The second-order valence-corrected chi connectivity index (χ2v) is 6.12. The highest BCUT2D eigenvalue weighted by atomic mass is 35.5. The van der Waals surface area contributed by atoms with Crippen LogP contribution in [0.25, 0.3) is 0 Å². The van der Waals surface area contributed by atoms with Crippen LogP contribution in [-0.4, -0.2) is 32.9 Å². The molecule has 1 aliphatic heterocycles. The van der Waals surface area contributed by atoms with Crippen LogP contribution in [0, 0.1) is 0 Å². The number of morpholine rings is 1. The van der Waals surface area contributed by atoms with Crippen molar-refractivity contribution in [2.24, 2.45) is 0 Å². The first kappa shape index (κ1) is 16.9. The number of hydrogen-bond donors (Lipinski definition) is 1. The topological polar surface area (TPSA) is 33.7 Å².